The number of nitrogens with zero attached hydrogens (tertiary/aromatic N) is 2. The van der Waals surface area contributed by atoms with Crippen molar-refractivity contribution in [3.05, 3.63) is 301 Å². The molecule has 0 bridgehead atoms. The Morgan fingerprint density at radius 2 is 0.892 bits per heavy atom. The van der Waals surface area contributed by atoms with Crippen LogP contribution in [-0.2, 0) is 5.41 Å². The summed E-state index contributed by atoms with van der Waals surface area (Å²) in [5.41, 5.74) is 19.9. The van der Waals surface area contributed by atoms with Gasteiger partial charge in [-0.3, -0.25) is 0 Å². The van der Waals surface area contributed by atoms with E-state index in [1.54, 1.807) is 0 Å². The van der Waals surface area contributed by atoms with Crippen LogP contribution in [0.3, 0.4) is 0 Å². The second kappa shape index (κ2) is 16.7. The molecule has 3 nitrogen and oxygen atoms in total. The minimum atomic E-state index is -0.569. The van der Waals surface area contributed by atoms with Crippen molar-refractivity contribution in [1.29, 1.82) is 0 Å². The fraction of sp³-hybridized carbons (Fsp3) is 0.0141. The van der Waals surface area contributed by atoms with E-state index in [4.69, 9.17) is 4.42 Å². The predicted molar refractivity (Wildman–Crippen MR) is 308 cm³/mol. The third kappa shape index (κ3) is 6.27. The maximum Gasteiger partial charge on any atom is 0.136 e. The first-order chi connectivity index (χ1) is 36.7. The lowest BCUT2D eigenvalue weighted by molar-refractivity contribution is 0.669. The van der Waals surface area contributed by atoms with Gasteiger partial charge in [0.1, 0.15) is 11.2 Å². The van der Waals surface area contributed by atoms with Crippen LogP contribution in [0.4, 0.5) is 17.1 Å². The van der Waals surface area contributed by atoms with Crippen LogP contribution >= 0.6 is 0 Å². The number of furan rings is 1. The van der Waals surface area contributed by atoms with Gasteiger partial charge in [0.2, 0.25) is 0 Å². The lowest BCUT2D eigenvalue weighted by atomic mass is 9.67. The molecule has 0 saturated carbocycles. The van der Waals surface area contributed by atoms with Crippen molar-refractivity contribution in [3.8, 4) is 39.1 Å². The van der Waals surface area contributed by atoms with Crippen LogP contribution in [0.15, 0.2) is 283 Å². The number of aromatic nitrogens is 1. The van der Waals surface area contributed by atoms with Gasteiger partial charge in [-0.25, -0.2) is 0 Å². The number of benzene rings is 12. The van der Waals surface area contributed by atoms with E-state index in [2.05, 4.69) is 289 Å². The van der Waals surface area contributed by atoms with E-state index in [-0.39, 0.29) is 0 Å². The molecule has 74 heavy (non-hydrogen) atoms. The summed E-state index contributed by atoms with van der Waals surface area (Å²) < 4.78 is 9.13. The van der Waals surface area contributed by atoms with Gasteiger partial charge in [0.15, 0.2) is 0 Å². The number of anilines is 3. The van der Waals surface area contributed by atoms with Gasteiger partial charge in [-0.05, 0) is 122 Å². The molecule has 14 aromatic rings. The summed E-state index contributed by atoms with van der Waals surface area (Å²) in [6.07, 6.45) is 0. The van der Waals surface area contributed by atoms with Gasteiger partial charge >= 0.3 is 0 Å². The third-order valence-corrected chi connectivity index (χ3v) is 15.7. The molecule has 12 aromatic carbocycles. The zero-order valence-corrected chi connectivity index (χ0v) is 40.4. The molecule has 0 amide bonds. The number of hydrogen-bond donors (Lipinski definition) is 0. The monoisotopic (exact) mass is 942 g/mol. The van der Waals surface area contributed by atoms with Crippen molar-refractivity contribution >= 4 is 71.6 Å². The molecular weight excluding hydrogens is 897 g/mol. The van der Waals surface area contributed by atoms with Crippen molar-refractivity contribution in [2.45, 2.75) is 5.41 Å². The molecule has 0 spiro atoms. The van der Waals surface area contributed by atoms with E-state index in [1.165, 1.54) is 60.6 Å². The van der Waals surface area contributed by atoms with Gasteiger partial charge in [0.05, 0.1) is 27.8 Å². The van der Waals surface area contributed by atoms with Crippen molar-refractivity contribution in [3.63, 3.8) is 0 Å². The number of hydrogen-bond acceptors (Lipinski definition) is 2. The minimum absolute atomic E-state index is 0.569. The second-order valence-corrected chi connectivity index (χ2v) is 19.5. The summed E-state index contributed by atoms with van der Waals surface area (Å²) in [5, 5.41) is 7.05. The van der Waals surface area contributed by atoms with Crippen LogP contribution < -0.4 is 4.90 Å². The molecule has 0 fully saturated rings. The molecule has 0 aliphatic heterocycles. The minimum Gasteiger partial charge on any atom is -0.456 e. The molecule has 3 heteroatoms. The van der Waals surface area contributed by atoms with Gasteiger partial charge in [-0.15, -0.1) is 0 Å². The van der Waals surface area contributed by atoms with Crippen LogP contribution in [0.25, 0.3) is 93.6 Å². The van der Waals surface area contributed by atoms with E-state index < -0.39 is 5.41 Å². The van der Waals surface area contributed by atoms with Gasteiger partial charge in [-0.1, -0.05) is 212 Å². The lowest BCUT2D eigenvalue weighted by Gasteiger charge is -2.35. The number of rotatable bonds is 8. The van der Waals surface area contributed by atoms with Gasteiger partial charge in [0.25, 0.3) is 0 Å². The standard InChI is InChI=1S/C71H46N2O/c1-3-22-50(23-4-1)71(51-24-5-2-6-25-51)62-32-14-9-27-55(62)56-43-42-53(46-63(56)71)72(65-34-16-13-30-59(65)60-31-19-37-68-70(60)61-44-48-20-7-8-21-49(48)45-69(61)74-68)52-40-38-47(39-41-52)54-26-10-15-33-64(54)73-66-35-17-11-28-57(66)58-29-12-18-36-67(58)73/h1-46H. The Bertz CT molecular complexity index is 4390. The quantitative estimate of drug-likeness (QED) is 0.151. The van der Waals surface area contributed by atoms with Crippen LogP contribution in [-0.4, -0.2) is 4.57 Å². The fourth-order valence-corrected chi connectivity index (χ4v) is 12.5. The summed E-state index contributed by atoms with van der Waals surface area (Å²) in [6.45, 7) is 0. The summed E-state index contributed by atoms with van der Waals surface area (Å²) in [4.78, 5) is 2.47. The van der Waals surface area contributed by atoms with Crippen LogP contribution in [0, 0.1) is 0 Å². The smallest absolute Gasteiger partial charge is 0.136 e. The average Bonchev–Trinajstić information content (AvgIpc) is 4.15. The highest BCUT2D eigenvalue weighted by atomic mass is 16.3. The van der Waals surface area contributed by atoms with Crippen molar-refractivity contribution in [1.82, 2.24) is 4.57 Å². The topological polar surface area (TPSA) is 21.3 Å². The highest BCUT2D eigenvalue weighted by molar-refractivity contribution is 6.17. The highest BCUT2D eigenvalue weighted by Gasteiger charge is 2.46. The molecule has 1 aliphatic rings. The predicted octanol–water partition coefficient (Wildman–Crippen LogP) is 19.0. The Kier molecular flexibility index (Phi) is 9.48. The molecule has 1 aliphatic carbocycles. The lowest BCUT2D eigenvalue weighted by Crippen LogP contribution is -2.28. The van der Waals surface area contributed by atoms with E-state index in [9.17, 15) is 0 Å². The Labute approximate surface area is 429 Å². The van der Waals surface area contributed by atoms with Gasteiger partial charge < -0.3 is 13.9 Å². The highest BCUT2D eigenvalue weighted by Crippen LogP contribution is 2.58. The summed E-state index contributed by atoms with van der Waals surface area (Å²) in [7, 11) is 0. The number of fused-ring (bicyclic) bond motifs is 10. The normalized spacial score (nSPS) is 12.7. The van der Waals surface area contributed by atoms with Crippen LogP contribution in [0.2, 0.25) is 0 Å². The zero-order chi connectivity index (χ0) is 48.7. The third-order valence-electron chi connectivity index (χ3n) is 15.7. The molecule has 0 N–H and O–H groups in total. The second-order valence-electron chi connectivity index (χ2n) is 19.5. The molecule has 0 atom stereocenters. The molecule has 2 heterocycles. The Morgan fingerprint density at radius 3 is 1.62 bits per heavy atom. The zero-order valence-electron chi connectivity index (χ0n) is 40.4. The van der Waals surface area contributed by atoms with Crippen LogP contribution in [0.5, 0.6) is 0 Å². The first-order valence-corrected chi connectivity index (χ1v) is 25.5. The molecule has 0 saturated heterocycles. The molecule has 0 radical (unpaired) electrons. The van der Waals surface area contributed by atoms with Crippen molar-refractivity contribution < 1.29 is 4.42 Å². The summed E-state index contributed by atoms with van der Waals surface area (Å²) >= 11 is 0. The fourth-order valence-electron chi connectivity index (χ4n) is 12.5. The van der Waals surface area contributed by atoms with Crippen molar-refractivity contribution in [2.24, 2.45) is 0 Å². The van der Waals surface area contributed by atoms with E-state index in [1.807, 2.05) is 0 Å². The SMILES string of the molecule is c1ccc(C2(c3ccccc3)c3ccccc3-c3ccc(N(c4ccc(-c5ccccc5-n5c6ccccc6c6ccccc65)cc4)c4ccccc4-c4cccc5oc6cc7ccccc7cc6c45)cc32)cc1. The molecule has 2 aromatic heterocycles. The maximum atomic E-state index is 6.70. The molecular formula is C71H46N2O. The van der Waals surface area contributed by atoms with E-state index >= 15 is 0 Å². The Morgan fingerprint density at radius 1 is 0.338 bits per heavy atom. The van der Waals surface area contributed by atoms with Gasteiger partial charge in [-0.2, -0.15) is 0 Å². The van der Waals surface area contributed by atoms with Crippen LogP contribution in [0.1, 0.15) is 22.3 Å². The van der Waals surface area contributed by atoms with Gasteiger partial charge in [0, 0.05) is 44.0 Å². The maximum absolute atomic E-state index is 6.70. The Balaban J connectivity index is 0.964. The van der Waals surface area contributed by atoms with E-state index in [0.717, 1.165) is 72.3 Å². The summed E-state index contributed by atoms with van der Waals surface area (Å²) in [5.74, 6) is 0. The molecule has 346 valence electrons. The molecule has 15 rings (SSSR count). The largest absolute Gasteiger partial charge is 0.456 e. The first-order valence-electron chi connectivity index (χ1n) is 25.5. The van der Waals surface area contributed by atoms with Crippen molar-refractivity contribution in [2.75, 3.05) is 4.90 Å². The van der Waals surface area contributed by atoms with E-state index in [0.29, 0.717) is 0 Å². The summed E-state index contributed by atoms with van der Waals surface area (Å²) in [6, 6.07) is 102. The average molecular weight is 943 g/mol. The first kappa shape index (κ1) is 42.0. The molecule has 0 unspecified atom stereocenters. The Hall–Kier alpha value is -9.70. The number of para-hydroxylation sites is 4.